The summed E-state index contributed by atoms with van der Waals surface area (Å²) in [7, 11) is 0. The number of nitrogens with one attached hydrogen (secondary N) is 1. The average molecular weight is 226 g/mol. The van der Waals surface area contributed by atoms with Gasteiger partial charge in [0.15, 0.2) is 11.9 Å². The van der Waals surface area contributed by atoms with Crippen LogP contribution in [0.1, 0.15) is 10.4 Å². The monoisotopic (exact) mass is 225 g/mol. The molecule has 0 saturated carbocycles. The Kier molecular flexibility index (Phi) is 1.65. The summed E-state index contributed by atoms with van der Waals surface area (Å²) >= 11 is 3.24. The van der Waals surface area contributed by atoms with E-state index in [0.717, 1.165) is 11.7 Å². The molecule has 0 aromatic carbocycles. The minimum atomic E-state index is 0.548. The smallest absolute Gasteiger partial charge is 0.182 e. The highest BCUT2D eigenvalue weighted by atomic mass is 79.9. The highest BCUT2D eigenvalue weighted by Gasteiger charge is 2.07. The van der Waals surface area contributed by atoms with Crippen LogP contribution in [-0.2, 0) is 0 Å². The van der Waals surface area contributed by atoms with E-state index in [1.54, 1.807) is 12.3 Å². The van der Waals surface area contributed by atoms with E-state index in [1.165, 1.54) is 0 Å². The molecule has 0 aliphatic rings. The molecule has 0 unspecified atom stereocenters. The first-order chi connectivity index (χ1) is 5.83. The molecule has 0 spiro atoms. The molecule has 0 amide bonds. The van der Waals surface area contributed by atoms with Gasteiger partial charge < -0.3 is 0 Å². The zero-order chi connectivity index (χ0) is 8.55. The van der Waals surface area contributed by atoms with Crippen molar-refractivity contribution in [3.05, 3.63) is 22.4 Å². The number of hydrogen-bond acceptors (Lipinski definition) is 3. The molecular weight excluding hydrogens is 222 g/mol. The Balaban J connectivity index is 2.93. The molecule has 2 rings (SSSR count). The Morgan fingerprint density at radius 2 is 2.42 bits per heavy atom. The standard InChI is InChI=1S/C7H4BrN3O/c8-6-5-4(3-12)1-2-9-7(5)11-10-6/h1-3H,(H,9,10,11). The third-order valence-corrected chi connectivity index (χ3v) is 2.14. The lowest BCUT2D eigenvalue weighted by Crippen LogP contribution is -1.83. The Morgan fingerprint density at radius 3 is 3.17 bits per heavy atom. The summed E-state index contributed by atoms with van der Waals surface area (Å²) in [5.74, 6) is 0. The Bertz CT molecular complexity index is 437. The van der Waals surface area contributed by atoms with Crippen molar-refractivity contribution in [3.8, 4) is 0 Å². The van der Waals surface area contributed by atoms with Crippen LogP contribution in [0.4, 0.5) is 0 Å². The molecule has 2 heterocycles. The third kappa shape index (κ3) is 0.937. The largest absolute Gasteiger partial charge is 0.298 e. The van der Waals surface area contributed by atoms with Crippen molar-refractivity contribution < 1.29 is 4.79 Å². The zero-order valence-corrected chi connectivity index (χ0v) is 7.50. The van der Waals surface area contributed by atoms with Gasteiger partial charge in [0.05, 0.1) is 5.39 Å². The van der Waals surface area contributed by atoms with Crippen molar-refractivity contribution in [2.45, 2.75) is 0 Å². The fraction of sp³-hybridized carbons (Fsp3) is 0. The molecule has 0 saturated heterocycles. The Morgan fingerprint density at radius 1 is 1.58 bits per heavy atom. The number of hydrogen-bond donors (Lipinski definition) is 1. The van der Waals surface area contributed by atoms with Gasteiger partial charge in [0.1, 0.15) is 4.60 Å². The topological polar surface area (TPSA) is 58.6 Å². The van der Waals surface area contributed by atoms with Gasteiger partial charge in [-0.2, -0.15) is 5.10 Å². The SMILES string of the molecule is O=Cc1ccnc2n[nH]c(Br)c12. The zero-order valence-electron chi connectivity index (χ0n) is 5.91. The molecule has 1 N–H and O–H groups in total. The first-order valence-corrected chi connectivity index (χ1v) is 4.06. The predicted octanol–water partition coefficient (Wildman–Crippen LogP) is 1.53. The number of H-pyrrole nitrogens is 1. The number of carbonyl (C=O) groups excluding carboxylic acids is 1. The maximum Gasteiger partial charge on any atom is 0.182 e. The van der Waals surface area contributed by atoms with E-state index in [4.69, 9.17) is 0 Å². The first kappa shape index (κ1) is 7.42. The van der Waals surface area contributed by atoms with Gasteiger partial charge in [-0.1, -0.05) is 0 Å². The maximum absolute atomic E-state index is 10.6. The van der Waals surface area contributed by atoms with Gasteiger partial charge in [-0.25, -0.2) is 4.98 Å². The van der Waals surface area contributed by atoms with Gasteiger partial charge >= 0.3 is 0 Å². The van der Waals surface area contributed by atoms with Crippen molar-refractivity contribution >= 4 is 33.2 Å². The molecule has 0 radical (unpaired) electrons. The highest BCUT2D eigenvalue weighted by molar-refractivity contribution is 9.10. The van der Waals surface area contributed by atoms with E-state index in [9.17, 15) is 4.79 Å². The molecule has 5 heteroatoms. The second-order valence-electron chi connectivity index (χ2n) is 2.25. The summed E-state index contributed by atoms with van der Waals surface area (Å²) in [5.41, 5.74) is 1.13. The molecule has 0 fully saturated rings. The number of aldehydes is 1. The van der Waals surface area contributed by atoms with Crippen molar-refractivity contribution in [2.24, 2.45) is 0 Å². The van der Waals surface area contributed by atoms with Crippen molar-refractivity contribution in [2.75, 3.05) is 0 Å². The number of carbonyl (C=O) groups is 1. The van der Waals surface area contributed by atoms with Gasteiger partial charge in [-0.05, 0) is 22.0 Å². The van der Waals surface area contributed by atoms with E-state index in [0.29, 0.717) is 15.8 Å². The van der Waals surface area contributed by atoms with Crippen molar-refractivity contribution in [1.82, 2.24) is 15.2 Å². The highest BCUT2D eigenvalue weighted by Crippen LogP contribution is 2.21. The predicted molar refractivity (Wildman–Crippen MR) is 47.0 cm³/mol. The number of aromatic nitrogens is 3. The summed E-state index contributed by atoms with van der Waals surface area (Å²) in [6.07, 6.45) is 2.34. The van der Waals surface area contributed by atoms with Crippen LogP contribution >= 0.6 is 15.9 Å². The molecule has 4 nitrogen and oxygen atoms in total. The Hall–Kier alpha value is -1.23. The van der Waals surface area contributed by atoms with Crippen LogP contribution in [0.5, 0.6) is 0 Å². The van der Waals surface area contributed by atoms with E-state index in [2.05, 4.69) is 31.1 Å². The van der Waals surface area contributed by atoms with Gasteiger partial charge in [0.2, 0.25) is 0 Å². The number of aromatic amines is 1. The molecular formula is C7H4BrN3O. The van der Waals surface area contributed by atoms with Crippen molar-refractivity contribution in [1.29, 1.82) is 0 Å². The number of halogens is 1. The lowest BCUT2D eigenvalue weighted by molar-refractivity contribution is 0.112. The normalized spacial score (nSPS) is 10.4. The third-order valence-electron chi connectivity index (χ3n) is 1.57. The minimum absolute atomic E-state index is 0.548. The van der Waals surface area contributed by atoms with Gasteiger partial charge in [-0.15, -0.1) is 0 Å². The van der Waals surface area contributed by atoms with Crippen LogP contribution in [0.3, 0.4) is 0 Å². The van der Waals surface area contributed by atoms with Crippen molar-refractivity contribution in [3.63, 3.8) is 0 Å². The van der Waals surface area contributed by atoms with Crippen LogP contribution in [-0.4, -0.2) is 21.5 Å². The molecule has 2 aromatic rings. The van der Waals surface area contributed by atoms with E-state index >= 15 is 0 Å². The lowest BCUT2D eigenvalue weighted by atomic mass is 10.2. The number of nitrogens with zero attached hydrogens (tertiary/aromatic N) is 2. The molecule has 0 atom stereocenters. The second kappa shape index (κ2) is 2.67. The minimum Gasteiger partial charge on any atom is -0.298 e. The summed E-state index contributed by atoms with van der Waals surface area (Å²) in [6, 6.07) is 1.65. The Labute approximate surface area is 76.1 Å². The van der Waals surface area contributed by atoms with Gasteiger partial charge in [0.25, 0.3) is 0 Å². The van der Waals surface area contributed by atoms with Crippen LogP contribution in [0, 0.1) is 0 Å². The number of fused-ring (bicyclic) bond motifs is 1. The molecule has 2 aromatic heterocycles. The fourth-order valence-electron chi connectivity index (χ4n) is 1.03. The molecule has 12 heavy (non-hydrogen) atoms. The number of rotatable bonds is 1. The van der Waals surface area contributed by atoms with Crippen LogP contribution in [0.15, 0.2) is 16.9 Å². The van der Waals surface area contributed by atoms with Crippen LogP contribution in [0.2, 0.25) is 0 Å². The fourth-order valence-corrected chi connectivity index (χ4v) is 1.53. The average Bonchev–Trinajstić information content (AvgIpc) is 2.48. The first-order valence-electron chi connectivity index (χ1n) is 3.26. The van der Waals surface area contributed by atoms with Gasteiger partial charge in [-0.3, -0.25) is 9.89 Å². The molecule has 60 valence electrons. The van der Waals surface area contributed by atoms with Gasteiger partial charge in [0, 0.05) is 11.8 Å². The van der Waals surface area contributed by atoms with Crippen LogP contribution < -0.4 is 0 Å². The maximum atomic E-state index is 10.6. The molecule has 0 aliphatic heterocycles. The summed E-state index contributed by atoms with van der Waals surface area (Å²) < 4.78 is 0.688. The quantitative estimate of drug-likeness (QED) is 0.750. The summed E-state index contributed by atoms with van der Waals surface area (Å²) in [5, 5.41) is 7.31. The second-order valence-corrected chi connectivity index (χ2v) is 3.05. The lowest BCUT2D eigenvalue weighted by Gasteiger charge is -1.90. The summed E-state index contributed by atoms with van der Waals surface area (Å²) in [6.45, 7) is 0. The van der Waals surface area contributed by atoms with E-state index < -0.39 is 0 Å². The number of pyridine rings is 1. The summed E-state index contributed by atoms with van der Waals surface area (Å²) in [4.78, 5) is 14.6. The van der Waals surface area contributed by atoms with E-state index in [1.807, 2.05) is 0 Å². The molecule has 0 bridgehead atoms. The molecule has 0 aliphatic carbocycles. The van der Waals surface area contributed by atoms with Crippen LogP contribution in [0.25, 0.3) is 11.0 Å². The van der Waals surface area contributed by atoms with E-state index in [-0.39, 0.29) is 0 Å².